The fraction of sp³-hybridized carbons (Fsp3) is 0.222. The summed E-state index contributed by atoms with van der Waals surface area (Å²) in [6.07, 6.45) is -2.87. The standard InChI is InChI=1S/C27H23ClF3N5O2.2ClH/c1-14-19(28)8-4-9-20(14)35-26(38)17-12-15(13-22-23(17)36-24(34-22)21-10-5-11-32-21)33-25(37)16-6-2-3-7-18(16)27(29,30)31;;/h2-4,6-9,12-13,21,32H,5,10-11H2,1H3,(H,33,37)(H,34,36)(H,35,38);2*1H/t21-;;/m0../s1. The number of nitrogens with one attached hydrogen (secondary N) is 4. The number of benzene rings is 3. The maximum Gasteiger partial charge on any atom is 0.417 e. The molecule has 4 N–H and O–H groups in total. The number of H-pyrrole nitrogens is 1. The van der Waals surface area contributed by atoms with E-state index >= 15 is 0 Å². The minimum Gasteiger partial charge on any atom is -0.341 e. The molecule has 1 atom stereocenters. The zero-order chi connectivity index (χ0) is 27.0. The molecule has 1 aliphatic rings. The van der Waals surface area contributed by atoms with E-state index in [9.17, 15) is 22.8 Å². The Morgan fingerprint density at radius 3 is 2.42 bits per heavy atom. The molecule has 0 radical (unpaired) electrons. The molecule has 0 aliphatic carbocycles. The molecule has 2 amide bonds. The summed E-state index contributed by atoms with van der Waals surface area (Å²) in [5, 5.41) is 9.16. The number of rotatable bonds is 5. The van der Waals surface area contributed by atoms with E-state index in [0.29, 0.717) is 33.1 Å². The Balaban J connectivity index is 0.00000220. The Labute approximate surface area is 245 Å². The number of carbonyl (C=O) groups excluding carboxylic acids is 2. The molecular formula is C27H25Cl3F3N5O2. The predicted molar refractivity (Wildman–Crippen MR) is 154 cm³/mol. The fourth-order valence-electron chi connectivity index (χ4n) is 4.52. The summed E-state index contributed by atoms with van der Waals surface area (Å²) in [5.74, 6) is -0.826. The number of halogens is 6. The van der Waals surface area contributed by atoms with E-state index in [4.69, 9.17) is 11.6 Å². The topological polar surface area (TPSA) is 98.9 Å². The van der Waals surface area contributed by atoms with Crippen molar-refractivity contribution >= 4 is 70.6 Å². The maximum atomic E-state index is 13.5. The van der Waals surface area contributed by atoms with Gasteiger partial charge in [0.05, 0.1) is 28.2 Å². The fourth-order valence-corrected chi connectivity index (χ4v) is 4.70. The first-order valence-corrected chi connectivity index (χ1v) is 12.3. The van der Waals surface area contributed by atoms with Crippen molar-refractivity contribution in [2.24, 2.45) is 0 Å². The average Bonchev–Trinajstić information content (AvgIpc) is 3.56. The minimum atomic E-state index is -4.70. The lowest BCUT2D eigenvalue weighted by Crippen LogP contribution is -2.19. The van der Waals surface area contributed by atoms with Gasteiger partial charge >= 0.3 is 6.18 Å². The van der Waals surface area contributed by atoms with Crippen LogP contribution in [0.15, 0.2) is 54.6 Å². The molecule has 1 aliphatic heterocycles. The third-order valence-corrected chi connectivity index (χ3v) is 6.90. The normalized spacial score (nSPS) is 14.8. The third-order valence-electron chi connectivity index (χ3n) is 6.49. The van der Waals surface area contributed by atoms with Gasteiger partial charge in [-0.3, -0.25) is 9.59 Å². The van der Waals surface area contributed by atoms with Crippen LogP contribution in [0.3, 0.4) is 0 Å². The van der Waals surface area contributed by atoms with Crippen LogP contribution in [0.2, 0.25) is 5.02 Å². The van der Waals surface area contributed by atoms with E-state index in [2.05, 4.69) is 25.9 Å². The second-order valence-corrected chi connectivity index (χ2v) is 9.46. The average molecular weight is 615 g/mol. The first kappa shape index (κ1) is 31.2. The summed E-state index contributed by atoms with van der Waals surface area (Å²) >= 11 is 6.20. The summed E-state index contributed by atoms with van der Waals surface area (Å²) < 4.78 is 40.4. The predicted octanol–water partition coefficient (Wildman–Crippen LogP) is 7.32. The van der Waals surface area contributed by atoms with Gasteiger partial charge < -0.3 is 20.9 Å². The zero-order valence-electron chi connectivity index (χ0n) is 21.0. The lowest BCUT2D eigenvalue weighted by Gasteiger charge is -2.14. The molecule has 0 bridgehead atoms. The molecule has 1 saturated heterocycles. The number of alkyl halides is 3. The number of hydrogen-bond acceptors (Lipinski definition) is 4. The lowest BCUT2D eigenvalue weighted by molar-refractivity contribution is -0.137. The monoisotopic (exact) mass is 613 g/mol. The Bertz CT molecular complexity index is 1550. The van der Waals surface area contributed by atoms with Crippen LogP contribution in [-0.4, -0.2) is 28.3 Å². The van der Waals surface area contributed by atoms with Gasteiger partial charge in [0.15, 0.2) is 0 Å². The van der Waals surface area contributed by atoms with Gasteiger partial charge in [-0.05, 0) is 68.3 Å². The molecule has 212 valence electrons. The van der Waals surface area contributed by atoms with Gasteiger partial charge in [0, 0.05) is 16.4 Å². The number of fused-ring (bicyclic) bond motifs is 1. The quantitative estimate of drug-likeness (QED) is 0.189. The van der Waals surface area contributed by atoms with E-state index in [1.165, 1.54) is 18.2 Å². The summed E-state index contributed by atoms with van der Waals surface area (Å²) in [7, 11) is 0. The highest BCUT2D eigenvalue weighted by Crippen LogP contribution is 2.33. The highest BCUT2D eigenvalue weighted by atomic mass is 35.5. The molecule has 1 fully saturated rings. The zero-order valence-corrected chi connectivity index (χ0v) is 23.4. The van der Waals surface area contributed by atoms with Crippen molar-refractivity contribution in [3.63, 3.8) is 0 Å². The van der Waals surface area contributed by atoms with Gasteiger partial charge in [-0.2, -0.15) is 13.2 Å². The van der Waals surface area contributed by atoms with Crippen LogP contribution >= 0.6 is 36.4 Å². The Morgan fingerprint density at radius 1 is 1.00 bits per heavy atom. The van der Waals surface area contributed by atoms with Gasteiger partial charge in [0.25, 0.3) is 11.8 Å². The Kier molecular flexibility index (Phi) is 9.73. The Hall–Kier alpha value is -3.31. The second-order valence-electron chi connectivity index (χ2n) is 9.05. The van der Waals surface area contributed by atoms with E-state index in [1.807, 2.05) is 0 Å². The number of nitrogens with zero attached hydrogens (tertiary/aromatic N) is 1. The summed E-state index contributed by atoms with van der Waals surface area (Å²) in [6.45, 7) is 2.60. The molecular weight excluding hydrogens is 590 g/mol. The van der Waals surface area contributed by atoms with Gasteiger partial charge in [0.2, 0.25) is 0 Å². The number of aromatic nitrogens is 2. The number of imidazole rings is 1. The number of hydrogen-bond donors (Lipinski definition) is 4. The molecule has 0 saturated carbocycles. The van der Waals surface area contributed by atoms with Crippen LogP contribution in [0.4, 0.5) is 24.5 Å². The molecule has 0 unspecified atom stereocenters. The molecule has 3 aromatic carbocycles. The molecule has 0 spiro atoms. The van der Waals surface area contributed by atoms with Gasteiger partial charge in [0.1, 0.15) is 11.3 Å². The van der Waals surface area contributed by atoms with Gasteiger partial charge in [-0.15, -0.1) is 24.8 Å². The molecule has 2 heterocycles. The van der Waals surface area contributed by atoms with Crippen molar-refractivity contribution in [1.29, 1.82) is 0 Å². The summed E-state index contributed by atoms with van der Waals surface area (Å²) in [5.41, 5.74) is 0.708. The van der Waals surface area contributed by atoms with Crippen LogP contribution in [0, 0.1) is 6.92 Å². The number of anilines is 2. The highest BCUT2D eigenvalue weighted by Gasteiger charge is 2.35. The van der Waals surface area contributed by atoms with E-state index in [0.717, 1.165) is 31.5 Å². The third kappa shape index (κ3) is 6.36. The lowest BCUT2D eigenvalue weighted by atomic mass is 10.1. The van der Waals surface area contributed by atoms with Crippen molar-refractivity contribution < 1.29 is 22.8 Å². The summed E-state index contributed by atoms with van der Waals surface area (Å²) in [6, 6.07) is 12.6. The molecule has 4 aromatic rings. The summed E-state index contributed by atoms with van der Waals surface area (Å²) in [4.78, 5) is 34.2. The van der Waals surface area contributed by atoms with Crippen molar-refractivity contribution in [2.45, 2.75) is 32.0 Å². The smallest absolute Gasteiger partial charge is 0.341 e. The van der Waals surface area contributed by atoms with E-state index in [-0.39, 0.29) is 42.1 Å². The Morgan fingerprint density at radius 2 is 1.73 bits per heavy atom. The first-order valence-electron chi connectivity index (χ1n) is 11.9. The van der Waals surface area contributed by atoms with Crippen LogP contribution in [0.25, 0.3) is 11.0 Å². The number of amides is 2. The molecule has 13 heteroatoms. The molecule has 40 heavy (non-hydrogen) atoms. The van der Waals surface area contributed by atoms with Crippen molar-refractivity contribution in [3.05, 3.63) is 87.7 Å². The maximum absolute atomic E-state index is 13.5. The van der Waals surface area contributed by atoms with Crippen LogP contribution in [-0.2, 0) is 6.18 Å². The van der Waals surface area contributed by atoms with Gasteiger partial charge in [-0.1, -0.05) is 29.8 Å². The number of aromatic amines is 1. The van der Waals surface area contributed by atoms with E-state index < -0.39 is 29.1 Å². The highest BCUT2D eigenvalue weighted by molar-refractivity contribution is 6.31. The minimum absolute atomic E-state index is 0. The van der Waals surface area contributed by atoms with Crippen molar-refractivity contribution in [3.8, 4) is 0 Å². The van der Waals surface area contributed by atoms with Crippen molar-refractivity contribution in [1.82, 2.24) is 15.3 Å². The molecule has 5 rings (SSSR count). The molecule has 7 nitrogen and oxygen atoms in total. The van der Waals surface area contributed by atoms with Crippen molar-refractivity contribution in [2.75, 3.05) is 17.2 Å². The van der Waals surface area contributed by atoms with Crippen LogP contribution in [0.1, 0.15) is 56.6 Å². The first-order chi connectivity index (χ1) is 18.1. The molecule has 1 aromatic heterocycles. The van der Waals surface area contributed by atoms with Gasteiger partial charge in [-0.25, -0.2) is 4.98 Å². The second kappa shape index (κ2) is 12.5. The number of carbonyl (C=O) groups is 2. The van der Waals surface area contributed by atoms with E-state index in [1.54, 1.807) is 31.2 Å². The largest absolute Gasteiger partial charge is 0.417 e. The van der Waals surface area contributed by atoms with Crippen LogP contribution in [0.5, 0.6) is 0 Å². The van der Waals surface area contributed by atoms with Crippen LogP contribution < -0.4 is 16.0 Å². The SMILES string of the molecule is Cc1c(Cl)cccc1NC(=O)c1cc(NC(=O)c2ccccc2C(F)(F)F)cc2[nH]c([C@@H]3CCCN3)nc12.Cl.Cl.